The van der Waals surface area contributed by atoms with Crippen molar-refractivity contribution >= 4 is 16.9 Å². The number of rotatable bonds is 3. The van der Waals surface area contributed by atoms with Gasteiger partial charge in [-0.3, -0.25) is 9.36 Å². The monoisotopic (exact) mass is 334 g/mol. The second kappa shape index (κ2) is 6.69. The number of amides is 1. The number of hydrogen-bond acceptors (Lipinski definition) is 3. The molecule has 0 spiro atoms. The van der Waals surface area contributed by atoms with Crippen LogP contribution in [0.15, 0.2) is 54.9 Å². The molecule has 1 aliphatic rings. The molecule has 2 heterocycles. The second-order valence-electron chi connectivity index (χ2n) is 6.53. The Morgan fingerprint density at radius 3 is 2.76 bits per heavy atom. The van der Waals surface area contributed by atoms with Crippen LogP contribution in [0.4, 0.5) is 0 Å². The van der Waals surface area contributed by atoms with Gasteiger partial charge < -0.3 is 10.2 Å². The van der Waals surface area contributed by atoms with Crippen molar-refractivity contribution in [2.45, 2.75) is 18.9 Å². The lowest BCUT2D eigenvalue weighted by Crippen LogP contribution is -2.46. The lowest BCUT2D eigenvalue weighted by molar-refractivity contribution is 0.0698. The highest BCUT2D eigenvalue weighted by Crippen LogP contribution is 2.19. The molecule has 0 saturated carbocycles. The van der Waals surface area contributed by atoms with Gasteiger partial charge in [-0.15, -0.1) is 0 Å². The highest BCUT2D eigenvalue weighted by molar-refractivity contribution is 5.94. The van der Waals surface area contributed by atoms with Crippen LogP contribution >= 0.6 is 0 Å². The Morgan fingerprint density at radius 1 is 1.16 bits per heavy atom. The van der Waals surface area contributed by atoms with Gasteiger partial charge in [0.1, 0.15) is 6.33 Å². The van der Waals surface area contributed by atoms with Crippen molar-refractivity contribution in [1.29, 1.82) is 0 Å². The number of imidazole rings is 1. The van der Waals surface area contributed by atoms with Gasteiger partial charge in [-0.2, -0.15) is 0 Å². The second-order valence-corrected chi connectivity index (χ2v) is 6.53. The lowest BCUT2D eigenvalue weighted by atomic mass is 10.0. The molecule has 0 radical (unpaired) electrons. The Balaban J connectivity index is 1.56. The van der Waals surface area contributed by atoms with Crippen LogP contribution in [0.2, 0.25) is 0 Å². The maximum absolute atomic E-state index is 12.8. The number of hydrogen-bond donors (Lipinski definition) is 1. The molecule has 4 rings (SSSR count). The third-order valence-corrected chi connectivity index (χ3v) is 4.96. The van der Waals surface area contributed by atoms with Crippen LogP contribution in [0.3, 0.4) is 0 Å². The Hall–Kier alpha value is -2.66. The first-order valence-electron chi connectivity index (χ1n) is 8.75. The van der Waals surface area contributed by atoms with Crippen LogP contribution in [-0.2, 0) is 0 Å². The molecule has 128 valence electrons. The van der Waals surface area contributed by atoms with E-state index in [0.717, 1.165) is 48.2 Å². The summed E-state index contributed by atoms with van der Waals surface area (Å²) in [5.41, 5.74) is 3.78. The van der Waals surface area contributed by atoms with Crippen LogP contribution in [0.25, 0.3) is 16.7 Å². The fourth-order valence-electron chi connectivity index (χ4n) is 3.51. The van der Waals surface area contributed by atoms with E-state index in [2.05, 4.69) is 10.3 Å². The summed E-state index contributed by atoms with van der Waals surface area (Å²) in [5, 5.41) is 3.28. The molecule has 1 unspecified atom stereocenters. The SMILES string of the molecule is CNC1CCCN(C(=O)c2ccc(-n3cnc4ccccc43)cc2)C1. The van der Waals surface area contributed by atoms with Crippen molar-refractivity contribution in [2.75, 3.05) is 20.1 Å². The van der Waals surface area contributed by atoms with Crippen LogP contribution < -0.4 is 5.32 Å². The molecule has 1 aromatic heterocycles. The summed E-state index contributed by atoms with van der Waals surface area (Å²) in [6.45, 7) is 1.62. The molecule has 1 saturated heterocycles. The number of likely N-dealkylation sites (N-methyl/N-ethyl adjacent to an activating group) is 1. The summed E-state index contributed by atoms with van der Waals surface area (Å²) in [5.74, 6) is 0.113. The zero-order valence-electron chi connectivity index (χ0n) is 14.4. The average molecular weight is 334 g/mol. The third-order valence-electron chi connectivity index (χ3n) is 4.96. The Kier molecular flexibility index (Phi) is 4.24. The number of carbonyl (C=O) groups excluding carboxylic acids is 1. The van der Waals surface area contributed by atoms with Crippen LogP contribution in [-0.4, -0.2) is 46.5 Å². The minimum absolute atomic E-state index is 0.113. The molecule has 0 bridgehead atoms. The number of carbonyl (C=O) groups is 1. The van der Waals surface area contributed by atoms with E-state index in [1.807, 2.05) is 71.4 Å². The highest BCUT2D eigenvalue weighted by atomic mass is 16.2. The molecule has 1 atom stereocenters. The lowest BCUT2D eigenvalue weighted by Gasteiger charge is -2.32. The summed E-state index contributed by atoms with van der Waals surface area (Å²) in [7, 11) is 1.96. The highest BCUT2D eigenvalue weighted by Gasteiger charge is 2.23. The predicted molar refractivity (Wildman–Crippen MR) is 99.1 cm³/mol. The van der Waals surface area contributed by atoms with E-state index in [4.69, 9.17) is 0 Å². The fourth-order valence-corrected chi connectivity index (χ4v) is 3.51. The minimum atomic E-state index is 0.113. The molecular weight excluding hydrogens is 312 g/mol. The van der Waals surface area contributed by atoms with Gasteiger partial charge in [0.05, 0.1) is 11.0 Å². The zero-order chi connectivity index (χ0) is 17.2. The Bertz CT molecular complexity index is 884. The largest absolute Gasteiger partial charge is 0.337 e. The Morgan fingerprint density at radius 2 is 1.96 bits per heavy atom. The van der Waals surface area contributed by atoms with Gasteiger partial charge in [-0.25, -0.2) is 4.98 Å². The molecule has 1 fully saturated rings. The number of likely N-dealkylation sites (tertiary alicyclic amines) is 1. The van der Waals surface area contributed by atoms with E-state index in [9.17, 15) is 4.79 Å². The molecule has 25 heavy (non-hydrogen) atoms. The number of nitrogens with zero attached hydrogens (tertiary/aromatic N) is 3. The van der Waals surface area contributed by atoms with Crippen LogP contribution in [0.1, 0.15) is 23.2 Å². The number of para-hydroxylation sites is 2. The minimum Gasteiger partial charge on any atom is -0.337 e. The van der Waals surface area contributed by atoms with Crippen molar-refractivity contribution in [2.24, 2.45) is 0 Å². The van der Waals surface area contributed by atoms with Gasteiger partial charge in [-0.05, 0) is 56.3 Å². The third kappa shape index (κ3) is 3.03. The van der Waals surface area contributed by atoms with Gasteiger partial charge in [0, 0.05) is 30.4 Å². The van der Waals surface area contributed by atoms with Gasteiger partial charge in [0.15, 0.2) is 0 Å². The predicted octanol–water partition coefficient (Wildman–Crippen LogP) is 2.85. The molecule has 2 aromatic carbocycles. The molecule has 3 aromatic rings. The quantitative estimate of drug-likeness (QED) is 0.801. The molecule has 5 nitrogen and oxygen atoms in total. The smallest absolute Gasteiger partial charge is 0.253 e. The number of piperidine rings is 1. The average Bonchev–Trinajstić information content (AvgIpc) is 3.12. The van der Waals surface area contributed by atoms with E-state index < -0.39 is 0 Å². The van der Waals surface area contributed by atoms with Crippen molar-refractivity contribution in [3.05, 3.63) is 60.4 Å². The Labute approximate surface area is 147 Å². The molecular formula is C20H22N4O. The summed E-state index contributed by atoms with van der Waals surface area (Å²) in [6, 6.07) is 16.2. The summed E-state index contributed by atoms with van der Waals surface area (Å²) >= 11 is 0. The van der Waals surface area contributed by atoms with E-state index in [0.29, 0.717) is 6.04 Å². The maximum atomic E-state index is 12.8. The maximum Gasteiger partial charge on any atom is 0.253 e. The normalized spacial score (nSPS) is 17.8. The standard InChI is InChI=1S/C20H22N4O/c1-21-16-5-4-12-23(13-16)20(25)15-8-10-17(11-9-15)24-14-22-18-6-2-3-7-19(18)24/h2-3,6-11,14,16,21H,4-5,12-13H2,1H3. The van der Waals surface area contributed by atoms with Crippen LogP contribution in [0.5, 0.6) is 0 Å². The number of aromatic nitrogens is 2. The first kappa shape index (κ1) is 15.8. The summed E-state index contributed by atoms with van der Waals surface area (Å²) in [6.07, 6.45) is 4.01. The molecule has 1 N–H and O–H groups in total. The van der Waals surface area contributed by atoms with Crippen molar-refractivity contribution in [3.8, 4) is 5.69 Å². The zero-order valence-corrected chi connectivity index (χ0v) is 14.4. The fraction of sp³-hybridized carbons (Fsp3) is 0.300. The molecule has 5 heteroatoms. The van der Waals surface area contributed by atoms with Gasteiger partial charge in [0.25, 0.3) is 5.91 Å². The van der Waals surface area contributed by atoms with Crippen molar-refractivity contribution in [1.82, 2.24) is 19.8 Å². The molecule has 1 amide bonds. The first-order valence-corrected chi connectivity index (χ1v) is 8.75. The van der Waals surface area contributed by atoms with Crippen molar-refractivity contribution in [3.63, 3.8) is 0 Å². The molecule has 0 aliphatic carbocycles. The van der Waals surface area contributed by atoms with E-state index in [1.54, 1.807) is 0 Å². The van der Waals surface area contributed by atoms with Crippen molar-refractivity contribution < 1.29 is 4.79 Å². The molecule has 1 aliphatic heterocycles. The van der Waals surface area contributed by atoms with E-state index in [1.165, 1.54) is 0 Å². The topological polar surface area (TPSA) is 50.2 Å². The summed E-state index contributed by atoms with van der Waals surface area (Å²) in [4.78, 5) is 19.1. The van der Waals surface area contributed by atoms with E-state index in [-0.39, 0.29) is 5.91 Å². The van der Waals surface area contributed by atoms with Gasteiger partial charge in [0.2, 0.25) is 0 Å². The number of nitrogens with one attached hydrogen (secondary N) is 1. The van der Waals surface area contributed by atoms with Gasteiger partial charge >= 0.3 is 0 Å². The summed E-state index contributed by atoms with van der Waals surface area (Å²) < 4.78 is 2.04. The van der Waals surface area contributed by atoms with Gasteiger partial charge in [-0.1, -0.05) is 12.1 Å². The first-order chi connectivity index (χ1) is 12.3. The van der Waals surface area contributed by atoms with E-state index >= 15 is 0 Å². The number of fused-ring (bicyclic) bond motifs is 1. The van der Waals surface area contributed by atoms with Crippen LogP contribution in [0, 0.1) is 0 Å². The number of benzene rings is 2.